The van der Waals surface area contributed by atoms with Crippen LogP contribution in [0.3, 0.4) is 0 Å². The lowest BCUT2D eigenvalue weighted by Crippen LogP contribution is -2.46. The van der Waals surface area contributed by atoms with E-state index in [0.29, 0.717) is 11.7 Å². The van der Waals surface area contributed by atoms with Crippen molar-refractivity contribution in [1.29, 1.82) is 0 Å². The number of rotatable bonds is 4. The molecule has 1 aliphatic rings. The minimum Gasteiger partial charge on any atom is -0.348 e. The highest BCUT2D eigenvalue weighted by Gasteiger charge is 2.25. The van der Waals surface area contributed by atoms with Gasteiger partial charge in [0.05, 0.1) is 5.69 Å². The standard InChI is InChI=1S/C20H27N7O/c1-12(2)26-7-5-16(6-8-26)23-20(28)18-14(4)17(24-25-18)15-9-13(3)19-21-11-22-27(19)10-15/h9-12,16H,5-8H2,1-4H3,(H,23,28)(H,24,25). The minimum atomic E-state index is -0.110. The Kier molecular flexibility index (Phi) is 4.89. The van der Waals surface area contributed by atoms with Gasteiger partial charge < -0.3 is 10.2 Å². The highest BCUT2D eigenvalue weighted by molar-refractivity contribution is 5.95. The molecule has 8 heteroatoms. The molecule has 0 aromatic carbocycles. The molecule has 1 amide bonds. The Morgan fingerprint density at radius 3 is 2.75 bits per heavy atom. The number of nitrogens with one attached hydrogen (secondary N) is 2. The summed E-state index contributed by atoms with van der Waals surface area (Å²) in [6.45, 7) is 10.4. The molecule has 0 unspecified atom stereocenters. The quantitative estimate of drug-likeness (QED) is 0.724. The predicted octanol–water partition coefficient (Wildman–Crippen LogP) is 2.34. The molecule has 1 aliphatic heterocycles. The summed E-state index contributed by atoms with van der Waals surface area (Å²) in [5, 5.41) is 14.7. The molecule has 148 valence electrons. The largest absolute Gasteiger partial charge is 0.348 e. The summed E-state index contributed by atoms with van der Waals surface area (Å²) in [5.41, 5.74) is 4.91. The second kappa shape index (κ2) is 7.35. The summed E-state index contributed by atoms with van der Waals surface area (Å²) >= 11 is 0. The average molecular weight is 381 g/mol. The third-order valence-corrected chi connectivity index (χ3v) is 5.67. The Morgan fingerprint density at radius 1 is 1.29 bits per heavy atom. The topological polar surface area (TPSA) is 91.2 Å². The molecule has 0 aliphatic carbocycles. The first-order valence-electron chi connectivity index (χ1n) is 9.84. The number of likely N-dealkylation sites (tertiary alicyclic amines) is 1. The van der Waals surface area contributed by atoms with Gasteiger partial charge in [0.1, 0.15) is 6.33 Å². The Balaban J connectivity index is 1.51. The number of pyridine rings is 1. The number of amides is 1. The van der Waals surface area contributed by atoms with Crippen molar-refractivity contribution in [3.8, 4) is 11.3 Å². The monoisotopic (exact) mass is 381 g/mol. The van der Waals surface area contributed by atoms with Gasteiger partial charge in [-0.2, -0.15) is 10.2 Å². The second-order valence-corrected chi connectivity index (χ2v) is 7.89. The van der Waals surface area contributed by atoms with Crippen LogP contribution >= 0.6 is 0 Å². The van der Waals surface area contributed by atoms with Crippen LogP contribution in [-0.4, -0.2) is 60.8 Å². The van der Waals surface area contributed by atoms with E-state index in [-0.39, 0.29) is 11.9 Å². The number of aromatic amines is 1. The van der Waals surface area contributed by atoms with Crippen LogP contribution in [0.25, 0.3) is 16.9 Å². The molecular formula is C20H27N7O. The maximum absolute atomic E-state index is 12.8. The summed E-state index contributed by atoms with van der Waals surface area (Å²) < 4.78 is 1.74. The van der Waals surface area contributed by atoms with Crippen molar-refractivity contribution in [2.75, 3.05) is 13.1 Å². The van der Waals surface area contributed by atoms with Gasteiger partial charge >= 0.3 is 0 Å². The fraction of sp³-hybridized carbons (Fsp3) is 0.500. The van der Waals surface area contributed by atoms with Crippen molar-refractivity contribution in [2.45, 2.75) is 52.6 Å². The fourth-order valence-corrected chi connectivity index (χ4v) is 3.94. The van der Waals surface area contributed by atoms with E-state index in [1.807, 2.05) is 26.1 Å². The molecule has 28 heavy (non-hydrogen) atoms. The van der Waals surface area contributed by atoms with E-state index in [0.717, 1.165) is 54.0 Å². The lowest BCUT2D eigenvalue weighted by atomic mass is 10.0. The second-order valence-electron chi connectivity index (χ2n) is 7.89. The lowest BCUT2D eigenvalue weighted by molar-refractivity contribution is 0.0895. The first-order chi connectivity index (χ1) is 13.4. The molecule has 2 N–H and O–H groups in total. The third kappa shape index (κ3) is 3.40. The maximum Gasteiger partial charge on any atom is 0.272 e. The number of hydrogen-bond donors (Lipinski definition) is 2. The zero-order valence-corrected chi connectivity index (χ0v) is 16.9. The number of nitrogens with zero attached hydrogens (tertiary/aromatic N) is 5. The summed E-state index contributed by atoms with van der Waals surface area (Å²) in [5.74, 6) is -0.110. The molecular weight excluding hydrogens is 354 g/mol. The van der Waals surface area contributed by atoms with E-state index in [4.69, 9.17) is 0 Å². The Hall–Kier alpha value is -2.74. The number of H-pyrrole nitrogens is 1. The van der Waals surface area contributed by atoms with Crippen LogP contribution in [0.2, 0.25) is 0 Å². The summed E-state index contributed by atoms with van der Waals surface area (Å²) in [6.07, 6.45) is 5.39. The molecule has 0 bridgehead atoms. The van der Waals surface area contributed by atoms with E-state index in [1.165, 1.54) is 6.33 Å². The molecule has 0 atom stereocenters. The summed E-state index contributed by atoms with van der Waals surface area (Å²) in [7, 11) is 0. The van der Waals surface area contributed by atoms with Gasteiger partial charge in [0.15, 0.2) is 11.3 Å². The van der Waals surface area contributed by atoms with Crippen molar-refractivity contribution in [2.24, 2.45) is 0 Å². The normalized spacial score (nSPS) is 16.2. The minimum absolute atomic E-state index is 0.110. The SMILES string of the molecule is Cc1c(C(=O)NC2CCN(C(C)C)CC2)n[nH]c1-c1cc(C)c2ncnn2c1. The van der Waals surface area contributed by atoms with Crippen molar-refractivity contribution in [3.63, 3.8) is 0 Å². The molecule has 4 heterocycles. The van der Waals surface area contributed by atoms with Crippen LogP contribution in [0.1, 0.15) is 48.3 Å². The Labute approximate surface area is 164 Å². The maximum atomic E-state index is 12.8. The molecule has 1 saturated heterocycles. The Bertz CT molecular complexity index is 995. The molecule has 3 aromatic heterocycles. The van der Waals surface area contributed by atoms with E-state index in [1.54, 1.807) is 4.52 Å². The molecule has 1 fully saturated rings. The summed E-state index contributed by atoms with van der Waals surface area (Å²) in [6, 6.07) is 2.79. The Morgan fingerprint density at radius 2 is 2.04 bits per heavy atom. The van der Waals surface area contributed by atoms with E-state index < -0.39 is 0 Å². The van der Waals surface area contributed by atoms with E-state index in [9.17, 15) is 4.79 Å². The van der Waals surface area contributed by atoms with Gasteiger partial charge in [-0.25, -0.2) is 9.50 Å². The van der Waals surface area contributed by atoms with Crippen LogP contribution in [-0.2, 0) is 0 Å². The van der Waals surface area contributed by atoms with E-state index >= 15 is 0 Å². The van der Waals surface area contributed by atoms with Crippen LogP contribution in [0, 0.1) is 13.8 Å². The van der Waals surface area contributed by atoms with Gasteiger partial charge in [0.2, 0.25) is 0 Å². The number of piperidine rings is 1. The zero-order chi connectivity index (χ0) is 19.8. The molecule has 0 spiro atoms. The molecule has 3 aromatic rings. The van der Waals surface area contributed by atoms with E-state index in [2.05, 4.69) is 44.3 Å². The molecule has 0 saturated carbocycles. The fourth-order valence-electron chi connectivity index (χ4n) is 3.94. The van der Waals surface area contributed by atoms with Crippen molar-refractivity contribution in [1.82, 2.24) is 35.0 Å². The van der Waals surface area contributed by atoms with Crippen LogP contribution in [0.15, 0.2) is 18.6 Å². The van der Waals surface area contributed by atoms with Crippen LogP contribution in [0.5, 0.6) is 0 Å². The smallest absolute Gasteiger partial charge is 0.272 e. The zero-order valence-electron chi connectivity index (χ0n) is 16.9. The highest BCUT2D eigenvalue weighted by atomic mass is 16.2. The third-order valence-electron chi connectivity index (χ3n) is 5.67. The number of aromatic nitrogens is 5. The average Bonchev–Trinajstić information content (AvgIpc) is 3.28. The van der Waals surface area contributed by atoms with Gasteiger partial charge in [0, 0.05) is 42.5 Å². The van der Waals surface area contributed by atoms with Crippen molar-refractivity contribution in [3.05, 3.63) is 35.4 Å². The first kappa shape index (κ1) is 18.6. The predicted molar refractivity (Wildman–Crippen MR) is 107 cm³/mol. The lowest BCUT2D eigenvalue weighted by Gasteiger charge is -2.34. The molecule has 4 rings (SSSR count). The van der Waals surface area contributed by atoms with Crippen LogP contribution < -0.4 is 5.32 Å². The first-order valence-corrected chi connectivity index (χ1v) is 9.84. The number of hydrogen-bond acceptors (Lipinski definition) is 5. The van der Waals surface area contributed by atoms with Crippen molar-refractivity contribution < 1.29 is 4.79 Å². The molecule has 0 radical (unpaired) electrons. The molecule has 8 nitrogen and oxygen atoms in total. The van der Waals surface area contributed by atoms with Gasteiger partial charge in [-0.05, 0) is 52.2 Å². The van der Waals surface area contributed by atoms with Crippen LogP contribution in [0.4, 0.5) is 0 Å². The number of aryl methyl sites for hydroxylation is 1. The van der Waals surface area contributed by atoms with Crippen molar-refractivity contribution >= 4 is 11.6 Å². The van der Waals surface area contributed by atoms with Gasteiger partial charge in [0.25, 0.3) is 5.91 Å². The highest BCUT2D eigenvalue weighted by Crippen LogP contribution is 2.25. The van der Waals surface area contributed by atoms with Gasteiger partial charge in [-0.15, -0.1) is 0 Å². The number of carbonyl (C=O) groups is 1. The number of fused-ring (bicyclic) bond motifs is 1. The summed E-state index contributed by atoms with van der Waals surface area (Å²) in [4.78, 5) is 19.5. The number of carbonyl (C=O) groups excluding carboxylic acids is 1. The van der Waals surface area contributed by atoms with Gasteiger partial charge in [-0.1, -0.05) is 0 Å². The van der Waals surface area contributed by atoms with Gasteiger partial charge in [-0.3, -0.25) is 9.89 Å².